The molecule has 0 aliphatic carbocycles. The van der Waals surface area contributed by atoms with E-state index < -0.39 is 6.17 Å². The van der Waals surface area contributed by atoms with Gasteiger partial charge >= 0.3 is 0 Å². The molecule has 0 spiro atoms. The van der Waals surface area contributed by atoms with Crippen molar-refractivity contribution in [3.8, 4) is 0 Å². The maximum absolute atomic E-state index is 13.0. The fourth-order valence-electron chi connectivity index (χ4n) is 3.66. The molecule has 1 aliphatic rings. The first-order chi connectivity index (χ1) is 14.7. The molecule has 3 aromatic carbocycles. The lowest BCUT2D eigenvalue weighted by molar-refractivity contribution is -0.117. The van der Waals surface area contributed by atoms with Crippen molar-refractivity contribution in [2.75, 3.05) is 5.32 Å². The van der Waals surface area contributed by atoms with Gasteiger partial charge in [-0.15, -0.1) is 0 Å². The van der Waals surface area contributed by atoms with Crippen molar-refractivity contribution in [1.82, 2.24) is 10.3 Å². The topological polar surface area (TPSA) is 86.3 Å². The van der Waals surface area contributed by atoms with E-state index in [-0.39, 0.29) is 11.8 Å². The molecule has 1 aromatic heterocycles. The number of hydrogen-bond acceptors (Lipinski definition) is 3. The van der Waals surface area contributed by atoms with E-state index in [1.807, 2.05) is 72.8 Å². The number of nitrogens with zero attached hydrogens (tertiary/aromatic N) is 1. The minimum Gasteiger partial charge on any atom is -0.361 e. The minimum absolute atomic E-state index is 0.370. The summed E-state index contributed by atoms with van der Waals surface area (Å²) in [4.78, 5) is 33.7. The first-order valence-corrected chi connectivity index (χ1v) is 9.61. The zero-order valence-corrected chi connectivity index (χ0v) is 15.9. The number of carbonyl (C=O) groups excluding carboxylic acids is 2. The Morgan fingerprint density at radius 2 is 1.70 bits per heavy atom. The van der Waals surface area contributed by atoms with Crippen molar-refractivity contribution in [2.24, 2.45) is 4.99 Å². The molecule has 4 aromatic rings. The second-order valence-electron chi connectivity index (χ2n) is 7.00. The quantitative estimate of drug-likeness (QED) is 0.495. The zero-order valence-electron chi connectivity index (χ0n) is 15.9. The fourth-order valence-corrected chi connectivity index (χ4v) is 3.66. The van der Waals surface area contributed by atoms with Crippen molar-refractivity contribution in [2.45, 2.75) is 6.17 Å². The summed E-state index contributed by atoms with van der Waals surface area (Å²) >= 11 is 0. The second kappa shape index (κ2) is 7.33. The molecule has 3 N–H and O–H groups in total. The van der Waals surface area contributed by atoms with Gasteiger partial charge in [-0.2, -0.15) is 0 Å². The minimum atomic E-state index is -1.06. The van der Waals surface area contributed by atoms with Crippen molar-refractivity contribution in [3.05, 3.63) is 102 Å². The van der Waals surface area contributed by atoms with Gasteiger partial charge < -0.3 is 15.6 Å². The molecule has 0 unspecified atom stereocenters. The lowest BCUT2D eigenvalue weighted by Gasteiger charge is -2.14. The smallest absolute Gasteiger partial charge is 0.269 e. The number of aromatic amines is 1. The van der Waals surface area contributed by atoms with E-state index in [9.17, 15) is 9.59 Å². The van der Waals surface area contributed by atoms with Crippen LogP contribution < -0.4 is 10.6 Å². The second-order valence-corrected chi connectivity index (χ2v) is 7.00. The van der Waals surface area contributed by atoms with E-state index in [4.69, 9.17) is 0 Å². The van der Waals surface area contributed by atoms with Crippen LogP contribution in [0.15, 0.2) is 90.1 Å². The van der Waals surface area contributed by atoms with E-state index in [0.717, 1.165) is 22.0 Å². The molecule has 0 radical (unpaired) electrons. The number of fused-ring (bicyclic) bond motifs is 2. The number of hydrogen-bond donors (Lipinski definition) is 3. The Morgan fingerprint density at radius 1 is 0.900 bits per heavy atom. The zero-order chi connectivity index (χ0) is 20.5. The van der Waals surface area contributed by atoms with Crippen molar-refractivity contribution in [1.29, 1.82) is 0 Å². The largest absolute Gasteiger partial charge is 0.361 e. The van der Waals surface area contributed by atoms with Gasteiger partial charge in [0.1, 0.15) is 0 Å². The average Bonchev–Trinajstić information content (AvgIpc) is 3.21. The Labute approximate surface area is 172 Å². The molecule has 146 valence electrons. The highest BCUT2D eigenvalue weighted by molar-refractivity contribution is 6.20. The third-order valence-corrected chi connectivity index (χ3v) is 5.09. The Kier molecular flexibility index (Phi) is 4.37. The van der Waals surface area contributed by atoms with Crippen LogP contribution in [0.5, 0.6) is 0 Å². The Morgan fingerprint density at radius 3 is 2.57 bits per heavy atom. The van der Waals surface area contributed by atoms with Crippen LogP contribution in [0.25, 0.3) is 10.9 Å². The highest BCUT2D eigenvalue weighted by atomic mass is 16.2. The van der Waals surface area contributed by atoms with Crippen molar-refractivity contribution in [3.63, 3.8) is 0 Å². The van der Waals surface area contributed by atoms with Gasteiger partial charge in [0, 0.05) is 22.7 Å². The number of rotatable bonds is 3. The third-order valence-electron chi connectivity index (χ3n) is 5.09. The summed E-state index contributed by atoms with van der Waals surface area (Å²) in [6.45, 7) is 0. The predicted octanol–water partition coefficient (Wildman–Crippen LogP) is 3.71. The first-order valence-electron chi connectivity index (χ1n) is 9.61. The van der Waals surface area contributed by atoms with Crippen molar-refractivity contribution < 1.29 is 9.59 Å². The highest BCUT2D eigenvalue weighted by Crippen LogP contribution is 2.24. The van der Waals surface area contributed by atoms with Gasteiger partial charge in [-0.3, -0.25) is 9.59 Å². The van der Waals surface area contributed by atoms with Gasteiger partial charge in [-0.1, -0.05) is 60.7 Å². The number of anilines is 1. The molecule has 30 heavy (non-hydrogen) atoms. The molecule has 1 atom stereocenters. The standard InChI is InChI=1S/C24H18N4O2/c29-23(18-11-6-9-16-13-14-25-20(16)18)28-22-24(30)26-19-12-5-4-10-17(19)21(27-22)15-7-2-1-3-8-15/h1-14,22,25H,(H,26,30)(H,28,29)/t22-/m1/s1. The summed E-state index contributed by atoms with van der Waals surface area (Å²) in [5, 5.41) is 6.59. The maximum atomic E-state index is 13.0. The van der Waals surface area contributed by atoms with Gasteiger partial charge in [-0.05, 0) is 18.2 Å². The predicted molar refractivity (Wildman–Crippen MR) is 117 cm³/mol. The summed E-state index contributed by atoms with van der Waals surface area (Å²) in [6, 6.07) is 24.5. The van der Waals surface area contributed by atoms with Crippen LogP contribution in [-0.2, 0) is 4.79 Å². The number of benzodiazepines with no additional fused rings is 1. The SMILES string of the molecule is O=C(N[C@H]1N=C(c2ccccc2)c2ccccc2NC1=O)c1cccc2cc[nH]c12. The first kappa shape index (κ1) is 17.9. The summed E-state index contributed by atoms with van der Waals surface area (Å²) in [7, 11) is 0. The maximum Gasteiger partial charge on any atom is 0.269 e. The average molecular weight is 394 g/mol. The summed E-state index contributed by atoms with van der Waals surface area (Å²) in [5.41, 5.74) is 4.16. The summed E-state index contributed by atoms with van der Waals surface area (Å²) in [5.74, 6) is -0.759. The fraction of sp³-hybridized carbons (Fsp3) is 0.0417. The number of para-hydroxylation sites is 2. The third kappa shape index (κ3) is 3.14. The molecule has 2 amide bonds. The van der Waals surface area contributed by atoms with Gasteiger partial charge in [0.15, 0.2) is 0 Å². The van der Waals surface area contributed by atoms with Gasteiger partial charge in [0.25, 0.3) is 11.8 Å². The van der Waals surface area contributed by atoms with Crippen LogP contribution in [0, 0.1) is 0 Å². The monoisotopic (exact) mass is 394 g/mol. The highest BCUT2D eigenvalue weighted by Gasteiger charge is 2.27. The van der Waals surface area contributed by atoms with Crippen LogP contribution in [0.4, 0.5) is 5.69 Å². The number of aromatic nitrogens is 1. The van der Waals surface area contributed by atoms with Crippen molar-refractivity contribution >= 4 is 34.1 Å². The van der Waals surface area contributed by atoms with Crippen LogP contribution >= 0.6 is 0 Å². The van der Waals surface area contributed by atoms with Crippen LogP contribution in [0.3, 0.4) is 0 Å². The molecule has 0 fully saturated rings. The van der Waals surface area contributed by atoms with Gasteiger partial charge in [0.2, 0.25) is 6.17 Å². The molecular formula is C24H18N4O2. The molecule has 0 saturated heterocycles. The van der Waals surface area contributed by atoms with Crippen LogP contribution in [-0.4, -0.2) is 28.7 Å². The molecule has 1 aliphatic heterocycles. The Hall–Kier alpha value is -4.19. The molecule has 0 bridgehead atoms. The van der Waals surface area contributed by atoms with E-state index >= 15 is 0 Å². The van der Waals surface area contributed by atoms with Crippen LogP contribution in [0.2, 0.25) is 0 Å². The molecule has 6 nitrogen and oxygen atoms in total. The summed E-state index contributed by atoms with van der Waals surface area (Å²) < 4.78 is 0. The number of amides is 2. The summed E-state index contributed by atoms with van der Waals surface area (Å²) in [6.07, 6.45) is 0.715. The number of benzene rings is 3. The van der Waals surface area contributed by atoms with E-state index in [1.54, 1.807) is 12.3 Å². The lowest BCUT2D eigenvalue weighted by atomic mass is 10.0. The normalized spacial score (nSPS) is 15.7. The van der Waals surface area contributed by atoms with Gasteiger partial charge in [-0.25, -0.2) is 4.99 Å². The molecule has 2 heterocycles. The van der Waals surface area contributed by atoms with Crippen LogP contribution in [0.1, 0.15) is 21.5 Å². The number of H-pyrrole nitrogens is 1. The number of nitrogens with one attached hydrogen (secondary N) is 3. The number of aliphatic imine (C=N–C) groups is 1. The molecule has 6 heteroatoms. The van der Waals surface area contributed by atoms with E-state index in [0.29, 0.717) is 17.0 Å². The number of carbonyl (C=O) groups is 2. The van der Waals surface area contributed by atoms with E-state index in [1.165, 1.54) is 0 Å². The van der Waals surface area contributed by atoms with Gasteiger partial charge in [0.05, 0.1) is 22.5 Å². The molecular weight excluding hydrogens is 376 g/mol. The lowest BCUT2D eigenvalue weighted by Crippen LogP contribution is -2.42. The molecule has 0 saturated carbocycles. The Balaban J connectivity index is 1.56. The van der Waals surface area contributed by atoms with E-state index in [2.05, 4.69) is 20.6 Å². The Bertz CT molecular complexity index is 1290. The molecule has 5 rings (SSSR count).